The lowest BCUT2D eigenvalue weighted by atomic mass is 9.96. The van der Waals surface area contributed by atoms with Gasteiger partial charge in [-0.2, -0.15) is 0 Å². The van der Waals surface area contributed by atoms with Crippen molar-refractivity contribution >= 4 is 55.7 Å². The highest BCUT2D eigenvalue weighted by Crippen LogP contribution is 2.44. The average Bonchev–Trinajstić information content (AvgIpc) is 3.37. The van der Waals surface area contributed by atoms with Crippen molar-refractivity contribution in [2.24, 2.45) is 0 Å². The second-order valence-corrected chi connectivity index (χ2v) is 8.97. The SMILES string of the molecule is CCOc1ccc(/C(O)=C2\C(=O)C(=O)N(c3nc4ccc(Cl)cc4s3)C2c2cccnc2)cc1. The molecule has 34 heavy (non-hydrogen) atoms. The maximum absolute atomic E-state index is 13.3. The molecule has 7 nitrogen and oxygen atoms in total. The van der Waals surface area contributed by atoms with E-state index in [2.05, 4.69) is 9.97 Å². The quantitative estimate of drug-likeness (QED) is 0.229. The molecule has 1 fully saturated rings. The van der Waals surface area contributed by atoms with Gasteiger partial charge in [0.05, 0.1) is 28.4 Å². The van der Waals surface area contributed by atoms with Crippen molar-refractivity contribution < 1.29 is 19.4 Å². The second kappa shape index (κ2) is 8.89. The van der Waals surface area contributed by atoms with Crippen LogP contribution in [0.1, 0.15) is 24.1 Å². The molecule has 9 heteroatoms. The number of fused-ring (bicyclic) bond motifs is 1. The molecular weight excluding hydrogens is 474 g/mol. The van der Waals surface area contributed by atoms with Gasteiger partial charge in [-0.05, 0) is 61.0 Å². The van der Waals surface area contributed by atoms with E-state index >= 15 is 0 Å². The summed E-state index contributed by atoms with van der Waals surface area (Å²) < 4.78 is 6.23. The van der Waals surface area contributed by atoms with Crippen LogP contribution in [0.25, 0.3) is 16.0 Å². The minimum Gasteiger partial charge on any atom is -0.507 e. The molecule has 0 spiro atoms. The van der Waals surface area contributed by atoms with E-state index in [1.165, 1.54) is 16.2 Å². The lowest BCUT2D eigenvalue weighted by Gasteiger charge is -2.22. The number of pyridine rings is 1. The Labute approximate surface area is 203 Å². The topological polar surface area (TPSA) is 92.6 Å². The predicted molar refractivity (Wildman–Crippen MR) is 131 cm³/mol. The monoisotopic (exact) mass is 491 g/mol. The third kappa shape index (κ3) is 3.81. The predicted octanol–water partition coefficient (Wildman–Crippen LogP) is 5.37. The van der Waals surface area contributed by atoms with Crippen LogP contribution in [0, 0.1) is 0 Å². The number of nitrogens with zero attached hydrogens (tertiary/aromatic N) is 3. The van der Waals surface area contributed by atoms with E-state index < -0.39 is 17.7 Å². The molecule has 2 aromatic carbocycles. The smallest absolute Gasteiger partial charge is 0.301 e. The number of halogens is 1. The van der Waals surface area contributed by atoms with Gasteiger partial charge in [-0.15, -0.1) is 0 Å². The number of Topliss-reactive ketones (excluding diaryl/α,β-unsaturated/α-hetero) is 1. The minimum atomic E-state index is -0.892. The van der Waals surface area contributed by atoms with Gasteiger partial charge in [-0.3, -0.25) is 19.5 Å². The van der Waals surface area contributed by atoms with E-state index in [0.717, 1.165) is 4.70 Å². The fourth-order valence-corrected chi connectivity index (χ4v) is 5.17. The van der Waals surface area contributed by atoms with Crippen molar-refractivity contribution in [3.8, 4) is 5.75 Å². The minimum absolute atomic E-state index is 0.0283. The largest absolute Gasteiger partial charge is 0.507 e. The molecule has 2 aromatic heterocycles. The third-order valence-corrected chi connectivity index (χ3v) is 6.68. The van der Waals surface area contributed by atoms with Gasteiger partial charge in [-0.25, -0.2) is 4.98 Å². The van der Waals surface area contributed by atoms with E-state index in [-0.39, 0.29) is 11.3 Å². The number of hydrogen-bond acceptors (Lipinski definition) is 7. The number of thiazole rings is 1. The normalized spacial score (nSPS) is 17.5. The number of hydrogen-bond donors (Lipinski definition) is 1. The lowest BCUT2D eigenvalue weighted by Crippen LogP contribution is -2.29. The van der Waals surface area contributed by atoms with Crippen molar-refractivity contribution in [3.05, 3.63) is 88.7 Å². The molecule has 1 N–H and O–H groups in total. The van der Waals surface area contributed by atoms with E-state index in [0.29, 0.717) is 39.2 Å². The Kier molecular flexibility index (Phi) is 5.77. The van der Waals surface area contributed by atoms with Crippen LogP contribution in [0.4, 0.5) is 5.13 Å². The zero-order valence-corrected chi connectivity index (χ0v) is 19.5. The molecule has 1 amide bonds. The van der Waals surface area contributed by atoms with Crippen LogP contribution in [0.15, 0.2) is 72.6 Å². The Morgan fingerprint density at radius 3 is 2.68 bits per heavy atom. The second-order valence-electron chi connectivity index (χ2n) is 7.52. The molecule has 1 unspecified atom stereocenters. The van der Waals surface area contributed by atoms with Gasteiger partial charge in [0.25, 0.3) is 5.78 Å². The molecule has 1 aliphatic heterocycles. The number of aliphatic hydroxyl groups is 1. The number of carbonyl (C=O) groups is 2. The number of carbonyl (C=O) groups excluding carboxylic acids is 2. The number of aliphatic hydroxyl groups excluding tert-OH is 1. The molecule has 5 rings (SSSR count). The van der Waals surface area contributed by atoms with Crippen molar-refractivity contribution in [3.63, 3.8) is 0 Å². The van der Waals surface area contributed by atoms with Gasteiger partial charge in [0, 0.05) is 23.0 Å². The molecule has 1 atom stereocenters. The highest BCUT2D eigenvalue weighted by molar-refractivity contribution is 7.22. The summed E-state index contributed by atoms with van der Waals surface area (Å²) in [6, 6.07) is 14.5. The zero-order valence-electron chi connectivity index (χ0n) is 17.9. The first-order valence-electron chi connectivity index (χ1n) is 10.5. The van der Waals surface area contributed by atoms with E-state index in [4.69, 9.17) is 16.3 Å². The van der Waals surface area contributed by atoms with Crippen molar-refractivity contribution in [1.82, 2.24) is 9.97 Å². The number of anilines is 1. The van der Waals surface area contributed by atoms with Crippen LogP contribution < -0.4 is 9.64 Å². The molecule has 4 aromatic rings. The Balaban J connectivity index is 1.67. The molecule has 3 heterocycles. The number of amides is 1. The molecule has 0 aliphatic carbocycles. The number of rotatable bonds is 5. The van der Waals surface area contributed by atoms with E-state index in [1.807, 2.05) is 6.92 Å². The van der Waals surface area contributed by atoms with Gasteiger partial charge in [0.15, 0.2) is 5.13 Å². The van der Waals surface area contributed by atoms with Crippen LogP contribution in [0.3, 0.4) is 0 Å². The molecular formula is C25H18ClN3O4S. The number of ether oxygens (including phenoxy) is 1. The summed E-state index contributed by atoms with van der Waals surface area (Å²) in [5, 5.41) is 12.1. The summed E-state index contributed by atoms with van der Waals surface area (Å²) in [4.78, 5) is 36.5. The van der Waals surface area contributed by atoms with E-state index in [9.17, 15) is 14.7 Å². The molecule has 1 aliphatic rings. The summed E-state index contributed by atoms with van der Waals surface area (Å²) in [7, 11) is 0. The third-order valence-electron chi connectivity index (χ3n) is 5.43. The standard InChI is InChI=1S/C25H18ClN3O4S/c1-2-33-17-8-5-14(6-9-17)22(30)20-21(15-4-3-11-27-13-15)29(24(32)23(20)31)25-28-18-10-7-16(26)12-19(18)34-25/h3-13,21,30H,2H2,1H3/b22-20+. The van der Waals surface area contributed by atoms with Gasteiger partial charge < -0.3 is 9.84 Å². The van der Waals surface area contributed by atoms with Crippen LogP contribution >= 0.6 is 22.9 Å². The fourth-order valence-electron chi connectivity index (χ4n) is 3.90. The number of aromatic nitrogens is 2. The number of ketones is 1. The summed E-state index contributed by atoms with van der Waals surface area (Å²) >= 11 is 7.36. The maximum atomic E-state index is 13.3. The van der Waals surface area contributed by atoms with Gasteiger partial charge in [-0.1, -0.05) is 29.0 Å². The van der Waals surface area contributed by atoms with Crippen LogP contribution in [0.5, 0.6) is 5.75 Å². The van der Waals surface area contributed by atoms with Crippen LogP contribution in [-0.2, 0) is 9.59 Å². The summed E-state index contributed by atoms with van der Waals surface area (Å²) in [5.74, 6) is -1.21. The molecule has 0 radical (unpaired) electrons. The van der Waals surface area contributed by atoms with Gasteiger partial charge in [0.1, 0.15) is 11.5 Å². The van der Waals surface area contributed by atoms with Crippen molar-refractivity contribution in [2.75, 3.05) is 11.5 Å². The molecule has 0 saturated carbocycles. The highest BCUT2D eigenvalue weighted by Gasteiger charge is 2.48. The zero-order chi connectivity index (χ0) is 23.8. The molecule has 170 valence electrons. The first kappa shape index (κ1) is 22.1. The molecule has 0 bridgehead atoms. The highest BCUT2D eigenvalue weighted by atomic mass is 35.5. The first-order valence-corrected chi connectivity index (χ1v) is 11.7. The Hall–Kier alpha value is -3.75. The van der Waals surface area contributed by atoms with Crippen molar-refractivity contribution in [1.29, 1.82) is 0 Å². The summed E-state index contributed by atoms with van der Waals surface area (Å²) in [6.07, 6.45) is 3.17. The Bertz CT molecular complexity index is 1430. The fraction of sp³-hybridized carbons (Fsp3) is 0.120. The molecule has 1 saturated heterocycles. The van der Waals surface area contributed by atoms with E-state index in [1.54, 1.807) is 67.0 Å². The number of benzene rings is 2. The van der Waals surface area contributed by atoms with Gasteiger partial charge in [0.2, 0.25) is 0 Å². The first-order chi connectivity index (χ1) is 16.5. The van der Waals surface area contributed by atoms with Gasteiger partial charge >= 0.3 is 5.91 Å². The average molecular weight is 492 g/mol. The Morgan fingerprint density at radius 1 is 1.18 bits per heavy atom. The summed E-state index contributed by atoms with van der Waals surface area (Å²) in [6.45, 7) is 2.38. The van der Waals surface area contributed by atoms with Crippen LogP contribution in [0.2, 0.25) is 5.02 Å². The Morgan fingerprint density at radius 2 is 1.97 bits per heavy atom. The summed E-state index contributed by atoms with van der Waals surface area (Å²) in [5.41, 5.74) is 1.60. The van der Waals surface area contributed by atoms with Crippen molar-refractivity contribution in [2.45, 2.75) is 13.0 Å². The maximum Gasteiger partial charge on any atom is 0.301 e. The lowest BCUT2D eigenvalue weighted by molar-refractivity contribution is -0.132. The van der Waals surface area contributed by atoms with Crippen LogP contribution in [-0.4, -0.2) is 33.4 Å².